The minimum atomic E-state index is -0.709. The van der Waals surface area contributed by atoms with Crippen LogP contribution in [-0.4, -0.2) is 88.9 Å². The van der Waals surface area contributed by atoms with E-state index >= 15 is 0 Å². The van der Waals surface area contributed by atoms with Crippen LogP contribution in [0.2, 0.25) is 0 Å². The number of nitriles is 1. The van der Waals surface area contributed by atoms with E-state index in [1.807, 2.05) is 51.6 Å². The van der Waals surface area contributed by atoms with Crippen LogP contribution in [0.1, 0.15) is 68.7 Å². The van der Waals surface area contributed by atoms with Crippen LogP contribution in [0.15, 0.2) is 29.1 Å². The summed E-state index contributed by atoms with van der Waals surface area (Å²) in [6, 6.07) is 4.02. The van der Waals surface area contributed by atoms with Gasteiger partial charge in [-0.05, 0) is 59.4 Å². The highest BCUT2D eigenvalue weighted by molar-refractivity contribution is 7.16. The number of carbonyl (C=O) groups excluding carboxylic acids is 1. The number of aryl methyl sites for hydroxylation is 1. The maximum Gasteiger partial charge on any atom is 0.410 e. The van der Waals surface area contributed by atoms with Gasteiger partial charge in [0.2, 0.25) is 11.7 Å². The van der Waals surface area contributed by atoms with Crippen molar-refractivity contribution < 1.29 is 14.6 Å². The number of amides is 1. The zero-order valence-electron chi connectivity index (χ0n) is 25.3. The Labute approximate surface area is 251 Å². The van der Waals surface area contributed by atoms with Crippen LogP contribution >= 0.6 is 11.3 Å². The molecule has 0 unspecified atom stereocenters. The monoisotopic (exact) mass is 593 g/mol. The van der Waals surface area contributed by atoms with Crippen LogP contribution in [-0.2, 0) is 16.6 Å². The lowest BCUT2D eigenvalue weighted by molar-refractivity contribution is 0.0263. The molecule has 42 heavy (non-hydrogen) atoms. The largest absolute Gasteiger partial charge is 0.596 e. The molecular weight excluding hydrogens is 552 g/mol. The molecule has 2 aromatic heterocycles. The van der Waals surface area contributed by atoms with Gasteiger partial charge in [0.25, 0.3) is 0 Å². The number of nitrogens with one attached hydrogen (secondary N) is 1. The number of allylic oxidation sites excluding steroid dienone is 2. The van der Waals surface area contributed by atoms with Gasteiger partial charge in [0.05, 0.1) is 29.4 Å². The number of rotatable bonds is 6. The number of ether oxygens (including phenoxy) is 1. The van der Waals surface area contributed by atoms with E-state index in [0.717, 1.165) is 29.7 Å². The molecule has 0 bridgehead atoms. The molecule has 2 aromatic rings. The molecule has 1 atom stereocenters. The van der Waals surface area contributed by atoms with Crippen LogP contribution in [0.5, 0.6) is 0 Å². The van der Waals surface area contributed by atoms with Gasteiger partial charge in [0.15, 0.2) is 0 Å². The first-order valence-electron chi connectivity index (χ1n) is 14.2. The average Bonchev–Trinajstić information content (AvgIpc) is 3.11. The van der Waals surface area contributed by atoms with Crippen molar-refractivity contribution in [3.8, 4) is 6.07 Å². The molecule has 3 N–H and O–H groups in total. The zero-order chi connectivity index (χ0) is 30.7. The fourth-order valence-corrected chi connectivity index (χ4v) is 6.50. The molecule has 0 radical (unpaired) electrons. The molecule has 4 rings (SSSR count). The van der Waals surface area contributed by atoms with Gasteiger partial charge in [0.1, 0.15) is 22.1 Å². The third-order valence-electron chi connectivity index (χ3n) is 7.35. The van der Waals surface area contributed by atoms with Crippen LogP contribution in [0.25, 0.3) is 0 Å². The van der Waals surface area contributed by atoms with Gasteiger partial charge < -0.3 is 24.5 Å². The minimum Gasteiger partial charge on any atom is -0.596 e. The summed E-state index contributed by atoms with van der Waals surface area (Å²) in [5, 5.41) is 28.7. The third kappa shape index (κ3) is 6.90. The fraction of sp³-hybridized carbons (Fsp3) is 0.533. The van der Waals surface area contributed by atoms with Gasteiger partial charge in [-0.1, -0.05) is 0 Å². The number of nitrogens with zero attached hydrogens (tertiary/aromatic N) is 7. The predicted molar refractivity (Wildman–Crippen MR) is 166 cm³/mol. The van der Waals surface area contributed by atoms with Gasteiger partial charge in [-0.25, -0.2) is 19.8 Å². The van der Waals surface area contributed by atoms with Crippen molar-refractivity contribution in [3.05, 3.63) is 45.8 Å². The number of aliphatic imine (C=N–C) groups is 1. The molecule has 0 spiro atoms. The molecule has 1 amide bonds. The maximum absolute atomic E-state index is 12.6. The fourth-order valence-electron chi connectivity index (χ4n) is 5.24. The molecule has 1 aliphatic heterocycles. The second-order valence-electron chi connectivity index (χ2n) is 12.1. The van der Waals surface area contributed by atoms with E-state index in [-0.39, 0.29) is 17.6 Å². The Bertz CT molecular complexity index is 1430. The zero-order valence-corrected chi connectivity index (χ0v) is 26.1. The number of anilines is 1. The molecular formula is C30H41N8O3S+. The molecule has 1 saturated heterocycles. The number of hydrogen-bond acceptors (Lipinski definition) is 9. The Hall–Kier alpha value is -3.98. The highest BCUT2D eigenvalue weighted by Gasteiger charge is 2.44. The second-order valence-corrected chi connectivity index (χ2v) is 13.2. The molecule has 224 valence electrons. The summed E-state index contributed by atoms with van der Waals surface area (Å²) >= 11 is 1.52. The highest BCUT2D eigenvalue weighted by atomic mass is 32.1. The highest BCUT2D eigenvalue weighted by Crippen LogP contribution is 2.50. The van der Waals surface area contributed by atoms with Crippen molar-refractivity contribution in [3.63, 3.8) is 0 Å². The first-order valence-corrected chi connectivity index (χ1v) is 15.0. The summed E-state index contributed by atoms with van der Waals surface area (Å²) < 4.78 is 5.54. The van der Waals surface area contributed by atoms with Crippen molar-refractivity contribution in [2.45, 2.75) is 64.4 Å². The molecule has 12 heteroatoms. The topological polar surface area (TPSA) is 145 Å². The Kier molecular flexibility index (Phi) is 9.21. The van der Waals surface area contributed by atoms with Gasteiger partial charge in [-0.2, -0.15) is 5.26 Å². The second kappa shape index (κ2) is 12.5. The normalized spacial score (nSPS) is 19.7. The summed E-state index contributed by atoms with van der Waals surface area (Å²) in [6.07, 6.45) is 7.74. The quantitative estimate of drug-likeness (QED) is 0.227. The summed E-state index contributed by atoms with van der Waals surface area (Å²) in [4.78, 5) is 32.8. The van der Waals surface area contributed by atoms with E-state index in [1.165, 1.54) is 11.3 Å². The summed E-state index contributed by atoms with van der Waals surface area (Å²) in [7, 11) is 3.76. The Balaban J connectivity index is 1.54. The Morgan fingerprint density at radius 2 is 2.05 bits per heavy atom. The summed E-state index contributed by atoms with van der Waals surface area (Å²) in [6.45, 7) is 9.84. The molecule has 1 fully saturated rings. The number of aromatic nitrogens is 2. The molecule has 1 aliphatic carbocycles. The predicted octanol–water partition coefficient (Wildman–Crippen LogP) is 4.35. The lowest BCUT2D eigenvalue weighted by Crippen LogP contribution is -2.39. The van der Waals surface area contributed by atoms with Crippen LogP contribution in [0.3, 0.4) is 0 Å². The van der Waals surface area contributed by atoms with E-state index in [0.29, 0.717) is 54.8 Å². The lowest BCUT2D eigenvalue weighted by atomic mass is 9.71. The minimum absolute atomic E-state index is 0.113. The van der Waals surface area contributed by atoms with E-state index in [4.69, 9.17) is 15.3 Å². The van der Waals surface area contributed by atoms with Gasteiger partial charge in [-0.3, -0.25) is 5.41 Å². The van der Waals surface area contributed by atoms with Crippen molar-refractivity contribution in [2.24, 2.45) is 4.99 Å². The summed E-state index contributed by atoms with van der Waals surface area (Å²) in [5.74, 6) is 0.760. The number of hydrogen-bond donors (Lipinski definition) is 1. The average molecular weight is 594 g/mol. The van der Waals surface area contributed by atoms with E-state index in [9.17, 15) is 10.1 Å². The van der Waals surface area contributed by atoms with Crippen molar-refractivity contribution in [2.75, 3.05) is 45.2 Å². The number of fused-ring (bicyclic) bond motifs is 1. The molecule has 0 saturated carbocycles. The number of carbonyl (C=O) groups is 1. The van der Waals surface area contributed by atoms with Crippen molar-refractivity contribution in [1.29, 1.82) is 10.7 Å². The van der Waals surface area contributed by atoms with Crippen molar-refractivity contribution >= 4 is 40.4 Å². The SMILES string of the molecule is CN(C)/C=N/c1sc2c(c1C#N)[C@@](C)(/C([OH2+])=C/C(=N)c1ccnc(N3CCCN(C(=O)OC(C)(C)C)CC3)n1)CCC2. The third-order valence-corrected chi connectivity index (χ3v) is 8.50. The van der Waals surface area contributed by atoms with E-state index in [2.05, 4.69) is 21.0 Å². The maximum atomic E-state index is 12.6. The smallest absolute Gasteiger partial charge is 0.410 e. The molecule has 11 nitrogen and oxygen atoms in total. The Morgan fingerprint density at radius 3 is 2.74 bits per heavy atom. The van der Waals surface area contributed by atoms with E-state index < -0.39 is 11.0 Å². The number of thiophene rings is 1. The summed E-state index contributed by atoms with van der Waals surface area (Å²) in [5.41, 5.74) is 0.652. The Morgan fingerprint density at radius 1 is 1.29 bits per heavy atom. The van der Waals surface area contributed by atoms with Crippen LogP contribution in [0.4, 0.5) is 15.7 Å². The lowest BCUT2D eigenvalue weighted by Gasteiger charge is -2.31. The standard InChI is InChI=1S/C30H40N8O3S/c1-29(2,3)41-28(40)38-14-8-13-37(15-16-38)27-33-12-10-22(35-27)21(32)17-24(39)30(4)11-7-9-23-25(30)20(18-31)26(42-23)34-19-36(5)6/h10,12,17,19,32,39H,7-9,11,13-16H2,1-6H3/p+1/b24-17-,32-21?,34-19+/t30-/m1/s1. The van der Waals surface area contributed by atoms with Gasteiger partial charge >= 0.3 is 6.09 Å². The van der Waals surface area contributed by atoms with Crippen molar-refractivity contribution in [1.82, 2.24) is 19.8 Å². The molecule has 0 aromatic carbocycles. The first kappa shape index (κ1) is 31.0. The van der Waals surface area contributed by atoms with Gasteiger partial charge in [-0.15, -0.1) is 11.3 Å². The van der Waals surface area contributed by atoms with Crippen LogP contribution in [0, 0.1) is 16.7 Å². The van der Waals surface area contributed by atoms with Crippen LogP contribution < -0.4 is 4.90 Å². The van der Waals surface area contributed by atoms with Gasteiger partial charge in [0, 0.05) is 56.9 Å². The molecule has 2 aliphatic rings. The first-order chi connectivity index (χ1) is 19.8. The van der Waals surface area contributed by atoms with E-state index in [1.54, 1.807) is 29.6 Å². The molecule has 3 heterocycles.